The van der Waals surface area contributed by atoms with Crippen molar-refractivity contribution in [2.45, 2.75) is 57.9 Å². The summed E-state index contributed by atoms with van der Waals surface area (Å²) in [6.07, 6.45) is 11.3. The Hall–Kier alpha value is -2.69. The number of aromatic nitrogens is 1. The Kier molecular flexibility index (Phi) is 6.58. The van der Waals surface area contributed by atoms with Crippen molar-refractivity contribution in [2.75, 3.05) is 5.32 Å². The number of aryl methyl sites for hydroxylation is 1. The molecule has 3 rings (SSSR count). The van der Waals surface area contributed by atoms with E-state index in [-0.39, 0.29) is 17.9 Å². The van der Waals surface area contributed by atoms with Gasteiger partial charge < -0.3 is 10.6 Å². The largest absolute Gasteiger partial charge is 0.349 e. The van der Waals surface area contributed by atoms with Crippen LogP contribution in [0.3, 0.4) is 0 Å². The third-order valence-corrected chi connectivity index (χ3v) is 5.14. The van der Waals surface area contributed by atoms with Gasteiger partial charge in [-0.05, 0) is 43.5 Å². The smallest absolute Gasteiger partial charge is 0.255 e. The minimum absolute atomic E-state index is 0.116. The number of carbonyl (C=O) groups is 2. The van der Waals surface area contributed by atoms with Crippen LogP contribution in [-0.2, 0) is 0 Å². The van der Waals surface area contributed by atoms with Gasteiger partial charge in [0.2, 0.25) is 0 Å². The van der Waals surface area contributed by atoms with Crippen LogP contribution in [0.25, 0.3) is 0 Å². The van der Waals surface area contributed by atoms with Crippen molar-refractivity contribution in [2.24, 2.45) is 0 Å². The van der Waals surface area contributed by atoms with Gasteiger partial charge in [0.15, 0.2) is 0 Å². The Morgan fingerprint density at radius 3 is 2.30 bits per heavy atom. The highest BCUT2D eigenvalue weighted by Crippen LogP contribution is 2.23. The van der Waals surface area contributed by atoms with Crippen LogP contribution in [0.15, 0.2) is 42.7 Å². The first-order valence-electron chi connectivity index (χ1n) is 9.77. The summed E-state index contributed by atoms with van der Waals surface area (Å²) in [5.74, 6) is -0.360. The molecule has 1 aromatic heterocycles. The highest BCUT2D eigenvalue weighted by atomic mass is 16.2. The van der Waals surface area contributed by atoms with E-state index in [2.05, 4.69) is 15.6 Å². The van der Waals surface area contributed by atoms with Gasteiger partial charge in [-0.2, -0.15) is 0 Å². The van der Waals surface area contributed by atoms with Crippen molar-refractivity contribution in [3.05, 3.63) is 59.4 Å². The van der Waals surface area contributed by atoms with Gasteiger partial charge >= 0.3 is 0 Å². The molecule has 0 aliphatic heterocycles. The average molecular weight is 365 g/mol. The number of anilines is 1. The molecule has 5 nitrogen and oxygen atoms in total. The molecule has 2 amide bonds. The normalized spacial score (nSPS) is 15.4. The van der Waals surface area contributed by atoms with Gasteiger partial charge in [0.1, 0.15) is 0 Å². The molecule has 0 unspecified atom stereocenters. The van der Waals surface area contributed by atoms with E-state index in [0.29, 0.717) is 16.8 Å². The van der Waals surface area contributed by atoms with Crippen molar-refractivity contribution in [3.63, 3.8) is 0 Å². The summed E-state index contributed by atoms with van der Waals surface area (Å²) in [5, 5.41) is 6.09. The molecule has 0 radical (unpaired) electrons. The quantitative estimate of drug-likeness (QED) is 0.839. The topological polar surface area (TPSA) is 71.1 Å². The number of amides is 2. The molecule has 2 aromatic rings. The predicted molar refractivity (Wildman–Crippen MR) is 107 cm³/mol. The number of rotatable bonds is 4. The molecule has 0 spiro atoms. The molecule has 1 saturated carbocycles. The molecule has 27 heavy (non-hydrogen) atoms. The molecular weight excluding hydrogens is 338 g/mol. The average Bonchev–Trinajstić information content (AvgIpc) is 2.66. The number of carbonyl (C=O) groups excluding carboxylic acids is 2. The van der Waals surface area contributed by atoms with Gasteiger partial charge in [0, 0.05) is 24.0 Å². The van der Waals surface area contributed by atoms with Gasteiger partial charge in [-0.1, -0.05) is 44.2 Å². The predicted octanol–water partition coefficient (Wildman–Crippen LogP) is 4.49. The molecule has 0 bridgehead atoms. The number of para-hydroxylation sites is 1. The molecule has 0 saturated heterocycles. The Bertz CT molecular complexity index is 781. The molecule has 1 aliphatic rings. The molecular formula is C22H27N3O2. The standard InChI is InChI=1S/C22H27N3O2/c1-16-8-7-11-19(20(16)25-21(26)17-12-14-23-15-13-17)22(27)24-18-9-5-3-2-4-6-10-18/h7-8,11-15,18H,2-6,9-10H2,1H3,(H,24,27)(H,25,26). The zero-order chi connectivity index (χ0) is 19.1. The van der Waals surface area contributed by atoms with Gasteiger partial charge in [-0.3, -0.25) is 14.6 Å². The summed E-state index contributed by atoms with van der Waals surface area (Å²) in [5.41, 5.74) is 2.46. The Labute approximate surface area is 160 Å². The lowest BCUT2D eigenvalue weighted by molar-refractivity contribution is 0.0931. The van der Waals surface area contributed by atoms with E-state index in [1.165, 1.54) is 19.3 Å². The van der Waals surface area contributed by atoms with Crippen molar-refractivity contribution in [1.82, 2.24) is 10.3 Å². The maximum absolute atomic E-state index is 12.9. The van der Waals surface area contributed by atoms with Gasteiger partial charge in [-0.25, -0.2) is 0 Å². The lowest BCUT2D eigenvalue weighted by Gasteiger charge is -2.22. The fourth-order valence-corrected chi connectivity index (χ4v) is 3.58. The maximum atomic E-state index is 12.9. The summed E-state index contributed by atoms with van der Waals surface area (Å²) in [7, 11) is 0. The van der Waals surface area contributed by atoms with E-state index in [4.69, 9.17) is 0 Å². The second-order valence-corrected chi connectivity index (χ2v) is 7.20. The molecule has 2 N–H and O–H groups in total. The minimum Gasteiger partial charge on any atom is -0.349 e. The third-order valence-electron chi connectivity index (χ3n) is 5.14. The fraction of sp³-hybridized carbons (Fsp3) is 0.409. The van der Waals surface area contributed by atoms with Gasteiger partial charge in [-0.15, -0.1) is 0 Å². The highest BCUT2D eigenvalue weighted by molar-refractivity contribution is 6.09. The second-order valence-electron chi connectivity index (χ2n) is 7.20. The van der Waals surface area contributed by atoms with E-state index in [1.807, 2.05) is 19.1 Å². The van der Waals surface area contributed by atoms with Crippen molar-refractivity contribution >= 4 is 17.5 Å². The number of hydrogen-bond acceptors (Lipinski definition) is 3. The van der Waals surface area contributed by atoms with Crippen molar-refractivity contribution in [1.29, 1.82) is 0 Å². The van der Waals surface area contributed by atoms with E-state index in [1.54, 1.807) is 30.6 Å². The summed E-state index contributed by atoms with van der Waals surface area (Å²) in [4.78, 5) is 29.4. The molecule has 142 valence electrons. The van der Waals surface area contributed by atoms with Crippen LogP contribution < -0.4 is 10.6 Å². The molecule has 1 heterocycles. The lowest BCUT2D eigenvalue weighted by Crippen LogP contribution is -2.36. The second kappa shape index (κ2) is 9.31. The summed E-state index contributed by atoms with van der Waals surface area (Å²) >= 11 is 0. The molecule has 1 aromatic carbocycles. The van der Waals surface area contributed by atoms with E-state index in [9.17, 15) is 9.59 Å². The number of nitrogens with zero attached hydrogens (tertiary/aromatic N) is 1. The van der Waals surface area contributed by atoms with Crippen LogP contribution in [0.4, 0.5) is 5.69 Å². The first kappa shape index (κ1) is 19.1. The Morgan fingerprint density at radius 2 is 1.59 bits per heavy atom. The molecule has 1 fully saturated rings. The van der Waals surface area contributed by atoms with Gasteiger partial charge in [0.25, 0.3) is 11.8 Å². The summed E-state index contributed by atoms with van der Waals surface area (Å²) in [6, 6.07) is 9.04. The zero-order valence-electron chi connectivity index (χ0n) is 15.8. The first-order chi connectivity index (χ1) is 13.1. The number of pyridine rings is 1. The third kappa shape index (κ3) is 5.16. The zero-order valence-corrected chi connectivity index (χ0v) is 15.8. The van der Waals surface area contributed by atoms with Crippen LogP contribution in [0, 0.1) is 6.92 Å². The minimum atomic E-state index is -0.244. The molecule has 5 heteroatoms. The number of benzene rings is 1. The first-order valence-corrected chi connectivity index (χ1v) is 9.77. The van der Waals surface area contributed by atoms with E-state index < -0.39 is 0 Å². The fourth-order valence-electron chi connectivity index (χ4n) is 3.58. The van der Waals surface area contributed by atoms with Crippen LogP contribution in [0.5, 0.6) is 0 Å². The van der Waals surface area contributed by atoms with Crippen molar-refractivity contribution < 1.29 is 9.59 Å². The number of hydrogen-bond donors (Lipinski definition) is 2. The van der Waals surface area contributed by atoms with Gasteiger partial charge in [0.05, 0.1) is 11.3 Å². The van der Waals surface area contributed by atoms with E-state index in [0.717, 1.165) is 31.2 Å². The Balaban J connectivity index is 1.76. The SMILES string of the molecule is Cc1cccc(C(=O)NC2CCCCCCC2)c1NC(=O)c1ccncc1. The highest BCUT2D eigenvalue weighted by Gasteiger charge is 2.19. The van der Waals surface area contributed by atoms with Crippen LogP contribution in [0.2, 0.25) is 0 Å². The van der Waals surface area contributed by atoms with E-state index >= 15 is 0 Å². The van der Waals surface area contributed by atoms with Crippen LogP contribution in [0.1, 0.15) is 71.2 Å². The Morgan fingerprint density at radius 1 is 0.926 bits per heavy atom. The monoisotopic (exact) mass is 365 g/mol. The summed E-state index contributed by atoms with van der Waals surface area (Å²) < 4.78 is 0. The molecule has 0 atom stereocenters. The van der Waals surface area contributed by atoms with Crippen LogP contribution in [-0.4, -0.2) is 22.8 Å². The van der Waals surface area contributed by atoms with Crippen LogP contribution >= 0.6 is 0 Å². The summed E-state index contributed by atoms with van der Waals surface area (Å²) in [6.45, 7) is 1.90. The maximum Gasteiger partial charge on any atom is 0.255 e. The lowest BCUT2D eigenvalue weighted by atomic mass is 9.96. The number of nitrogens with one attached hydrogen (secondary N) is 2. The molecule has 1 aliphatic carbocycles. The van der Waals surface area contributed by atoms with Crippen molar-refractivity contribution in [3.8, 4) is 0 Å².